The maximum atomic E-state index is 12.6. The molecule has 4 rings (SSSR count). The van der Waals surface area contributed by atoms with Gasteiger partial charge in [0.2, 0.25) is 11.7 Å². The first-order chi connectivity index (χ1) is 13.2. The lowest BCUT2D eigenvalue weighted by Gasteiger charge is -2.12. The van der Waals surface area contributed by atoms with Crippen molar-refractivity contribution in [1.29, 1.82) is 0 Å². The summed E-state index contributed by atoms with van der Waals surface area (Å²) < 4.78 is 10.5. The first-order valence-corrected chi connectivity index (χ1v) is 8.22. The molecule has 3 aromatic heterocycles. The second-order valence-corrected chi connectivity index (χ2v) is 5.83. The van der Waals surface area contributed by atoms with E-state index in [1.165, 1.54) is 4.90 Å². The van der Waals surface area contributed by atoms with Gasteiger partial charge in [-0.05, 0) is 12.1 Å². The van der Waals surface area contributed by atoms with Crippen LogP contribution in [0, 0.1) is 0 Å². The average molecular weight is 361 g/mol. The van der Waals surface area contributed by atoms with Crippen molar-refractivity contribution in [2.75, 3.05) is 7.05 Å². The Bertz CT molecular complexity index is 1040. The van der Waals surface area contributed by atoms with Gasteiger partial charge in [-0.25, -0.2) is 0 Å². The molecule has 0 saturated carbocycles. The number of hydrogen-bond donors (Lipinski definition) is 0. The van der Waals surface area contributed by atoms with Crippen molar-refractivity contribution in [2.45, 2.75) is 6.54 Å². The number of hydrogen-bond acceptors (Lipinski definition) is 7. The highest BCUT2D eigenvalue weighted by atomic mass is 16.5. The molecule has 0 atom stereocenters. The Morgan fingerprint density at radius 1 is 1.04 bits per heavy atom. The van der Waals surface area contributed by atoms with Crippen LogP contribution >= 0.6 is 0 Å². The van der Waals surface area contributed by atoms with E-state index in [2.05, 4.69) is 20.3 Å². The van der Waals surface area contributed by atoms with E-state index in [0.717, 1.165) is 5.56 Å². The van der Waals surface area contributed by atoms with Crippen molar-refractivity contribution in [3.8, 4) is 22.8 Å². The van der Waals surface area contributed by atoms with Gasteiger partial charge in [0.1, 0.15) is 12.2 Å². The van der Waals surface area contributed by atoms with Crippen LogP contribution in [0.3, 0.4) is 0 Å². The molecule has 0 unspecified atom stereocenters. The topological polar surface area (TPSA) is 98.2 Å². The summed E-state index contributed by atoms with van der Waals surface area (Å²) in [5, 5.41) is 7.76. The summed E-state index contributed by atoms with van der Waals surface area (Å²) >= 11 is 0. The molecule has 4 aromatic rings. The zero-order valence-corrected chi connectivity index (χ0v) is 14.4. The molecule has 3 heterocycles. The Balaban J connectivity index is 1.46. The quantitative estimate of drug-likeness (QED) is 0.539. The first-order valence-electron chi connectivity index (χ1n) is 8.22. The van der Waals surface area contributed by atoms with Crippen LogP contribution < -0.4 is 0 Å². The molecule has 1 aromatic carbocycles. The number of pyridine rings is 1. The van der Waals surface area contributed by atoms with Crippen LogP contribution in [0.5, 0.6) is 0 Å². The Morgan fingerprint density at radius 3 is 2.63 bits per heavy atom. The number of aromatic nitrogens is 4. The van der Waals surface area contributed by atoms with Gasteiger partial charge < -0.3 is 13.9 Å². The van der Waals surface area contributed by atoms with Gasteiger partial charge in [-0.15, -0.1) is 0 Å². The molecule has 134 valence electrons. The number of nitrogens with zero attached hydrogens (tertiary/aromatic N) is 5. The fourth-order valence-corrected chi connectivity index (χ4v) is 2.50. The Kier molecular flexibility index (Phi) is 4.44. The van der Waals surface area contributed by atoms with Crippen molar-refractivity contribution in [3.63, 3.8) is 0 Å². The number of carbonyl (C=O) groups is 1. The van der Waals surface area contributed by atoms with Crippen LogP contribution in [0.25, 0.3) is 22.8 Å². The second-order valence-electron chi connectivity index (χ2n) is 5.83. The minimum atomic E-state index is -0.307. The van der Waals surface area contributed by atoms with Crippen molar-refractivity contribution < 1.29 is 13.8 Å². The van der Waals surface area contributed by atoms with Gasteiger partial charge in [0, 0.05) is 24.9 Å². The van der Waals surface area contributed by atoms with Crippen molar-refractivity contribution >= 4 is 5.91 Å². The minimum Gasteiger partial charge on any atom is -0.355 e. The monoisotopic (exact) mass is 361 g/mol. The SMILES string of the molecule is CN(Cc1nc(-c2ccccn2)no1)C(=O)c1cc(-c2ccccc2)on1. The summed E-state index contributed by atoms with van der Waals surface area (Å²) in [6.07, 6.45) is 1.65. The van der Waals surface area contributed by atoms with Crippen LogP contribution in [0.2, 0.25) is 0 Å². The molecule has 0 N–H and O–H groups in total. The van der Waals surface area contributed by atoms with Crippen molar-refractivity contribution in [2.24, 2.45) is 0 Å². The molecule has 0 spiro atoms. The van der Waals surface area contributed by atoms with E-state index < -0.39 is 0 Å². The van der Waals surface area contributed by atoms with E-state index in [1.807, 2.05) is 36.4 Å². The van der Waals surface area contributed by atoms with Gasteiger partial charge in [0.15, 0.2) is 11.5 Å². The van der Waals surface area contributed by atoms with Gasteiger partial charge in [-0.1, -0.05) is 46.7 Å². The van der Waals surface area contributed by atoms with Crippen LogP contribution in [-0.2, 0) is 6.54 Å². The molecule has 0 bridgehead atoms. The maximum Gasteiger partial charge on any atom is 0.276 e. The predicted octanol–water partition coefficient (Wildman–Crippen LogP) is 3.06. The van der Waals surface area contributed by atoms with E-state index in [4.69, 9.17) is 9.05 Å². The third kappa shape index (κ3) is 3.59. The summed E-state index contributed by atoms with van der Waals surface area (Å²) in [6.45, 7) is 0.145. The normalized spacial score (nSPS) is 10.7. The third-order valence-electron chi connectivity index (χ3n) is 3.87. The molecule has 1 amide bonds. The fraction of sp³-hybridized carbons (Fsp3) is 0.105. The van der Waals surface area contributed by atoms with Crippen LogP contribution in [0.1, 0.15) is 16.4 Å². The average Bonchev–Trinajstić information content (AvgIpc) is 3.39. The molecule has 8 nitrogen and oxygen atoms in total. The zero-order chi connectivity index (χ0) is 18.6. The highest BCUT2D eigenvalue weighted by molar-refractivity contribution is 5.92. The summed E-state index contributed by atoms with van der Waals surface area (Å²) in [4.78, 5) is 22.4. The molecule has 0 saturated heterocycles. The highest BCUT2D eigenvalue weighted by Crippen LogP contribution is 2.20. The minimum absolute atomic E-state index is 0.145. The summed E-state index contributed by atoms with van der Waals surface area (Å²) in [7, 11) is 1.63. The molecule has 0 aliphatic rings. The van der Waals surface area contributed by atoms with Gasteiger partial charge in [-0.3, -0.25) is 9.78 Å². The van der Waals surface area contributed by atoms with Gasteiger partial charge >= 0.3 is 0 Å². The summed E-state index contributed by atoms with van der Waals surface area (Å²) in [5.74, 6) is 0.902. The van der Waals surface area contributed by atoms with Crippen LogP contribution in [0.15, 0.2) is 69.8 Å². The van der Waals surface area contributed by atoms with Crippen LogP contribution in [-0.4, -0.2) is 38.1 Å². The molecular weight excluding hydrogens is 346 g/mol. The van der Waals surface area contributed by atoms with E-state index in [9.17, 15) is 4.79 Å². The molecule has 8 heteroatoms. The second kappa shape index (κ2) is 7.20. The maximum absolute atomic E-state index is 12.6. The van der Waals surface area contributed by atoms with Gasteiger partial charge in [-0.2, -0.15) is 4.98 Å². The molecule has 0 radical (unpaired) electrons. The summed E-state index contributed by atoms with van der Waals surface area (Å²) in [5.41, 5.74) is 1.66. The lowest BCUT2D eigenvalue weighted by molar-refractivity contribution is 0.0759. The molecule has 0 fully saturated rings. The number of carbonyl (C=O) groups excluding carboxylic acids is 1. The Morgan fingerprint density at radius 2 is 1.85 bits per heavy atom. The predicted molar refractivity (Wildman–Crippen MR) is 95.3 cm³/mol. The lowest BCUT2D eigenvalue weighted by Crippen LogP contribution is -2.26. The third-order valence-corrected chi connectivity index (χ3v) is 3.87. The molecule has 0 aliphatic heterocycles. The van der Waals surface area contributed by atoms with Crippen molar-refractivity contribution in [1.82, 2.24) is 25.2 Å². The van der Waals surface area contributed by atoms with Gasteiger partial charge in [0.05, 0.1) is 0 Å². The number of benzene rings is 1. The van der Waals surface area contributed by atoms with Crippen LogP contribution in [0.4, 0.5) is 0 Å². The summed E-state index contributed by atoms with van der Waals surface area (Å²) in [6, 6.07) is 16.5. The smallest absolute Gasteiger partial charge is 0.276 e. The van der Waals surface area contributed by atoms with Gasteiger partial charge in [0.25, 0.3) is 5.91 Å². The molecular formula is C19H15N5O3. The van der Waals surface area contributed by atoms with E-state index in [0.29, 0.717) is 23.2 Å². The van der Waals surface area contributed by atoms with E-state index >= 15 is 0 Å². The number of amides is 1. The molecule has 0 aliphatic carbocycles. The van der Waals surface area contributed by atoms with Crippen molar-refractivity contribution in [3.05, 3.63) is 72.4 Å². The first kappa shape index (κ1) is 16.6. The fourth-order valence-electron chi connectivity index (χ4n) is 2.50. The van der Waals surface area contributed by atoms with E-state index in [1.54, 1.807) is 31.4 Å². The zero-order valence-electron chi connectivity index (χ0n) is 14.4. The molecule has 27 heavy (non-hydrogen) atoms. The highest BCUT2D eigenvalue weighted by Gasteiger charge is 2.20. The standard InChI is InChI=1S/C19H15N5O3/c1-24(12-17-21-18(23-27-17)14-9-5-6-10-20-14)19(25)15-11-16(26-22-15)13-7-3-2-4-8-13/h2-11H,12H2,1H3. The lowest BCUT2D eigenvalue weighted by atomic mass is 10.1. The Hall–Kier alpha value is -3.81. The largest absolute Gasteiger partial charge is 0.355 e. The number of rotatable bonds is 5. The van der Waals surface area contributed by atoms with E-state index in [-0.39, 0.29) is 18.1 Å². The Labute approximate surface area is 154 Å².